The Kier molecular flexibility index (Phi) is 6.69. The SMILES string of the molecule is Cc1ccc(COc2ccc(/C=N\NC(=O)c3ccc(Cl)c(Cl)c3)cc2)cc1. The van der Waals surface area contributed by atoms with E-state index in [0.29, 0.717) is 22.2 Å². The van der Waals surface area contributed by atoms with Crippen molar-refractivity contribution >= 4 is 35.3 Å². The minimum atomic E-state index is -0.368. The van der Waals surface area contributed by atoms with Crippen LogP contribution in [0.25, 0.3) is 0 Å². The zero-order chi connectivity index (χ0) is 19.9. The summed E-state index contributed by atoms with van der Waals surface area (Å²) in [5.41, 5.74) is 6.00. The average Bonchev–Trinajstić information content (AvgIpc) is 2.70. The van der Waals surface area contributed by atoms with Crippen LogP contribution in [0.4, 0.5) is 0 Å². The number of carbonyl (C=O) groups excluding carboxylic acids is 1. The van der Waals surface area contributed by atoms with Crippen molar-refractivity contribution in [1.82, 2.24) is 5.43 Å². The van der Waals surface area contributed by atoms with Gasteiger partial charge in [-0.3, -0.25) is 4.79 Å². The molecular weight excluding hydrogens is 395 g/mol. The Labute approximate surface area is 173 Å². The van der Waals surface area contributed by atoms with Gasteiger partial charge in [-0.05, 0) is 60.5 Å². The lowest BCUT2D eigenvalue weighted by Gasteiger charge is -2.07. The van der Waals surface area contributed by atoms with Crippen molar-refractivity contribution in [3.8, 4) is 5.75 Å². The third-order valence-electron chi connectivity index (χ3n) is 3.97. The Balaban J connectivity index is 1.52. The molecule has 28 heavy (non-hydrogen) atoms. The first-order chi connectivity index (χ1) is 13.5. The van der Waals surface area contributed by atoms with Gasteiger partial charge in [-0.15, -0.1) is 0 Å². The van der Waals surface area contributed by atoms with Gasteiger partial charge in [0.05, 0.1) is 16.3 Å². The number of aryl methyl sites for hydroxylation is 1. The van der Waals surface area contributed by atoms with Crippen molar-refractivity contribution in [2.75, 3.05) is 0 Å². The zero-order valence-corrected chi connectivity index (χ0v) is 16.7. The topological polar surface area (TPSA) is 50.7 Å². The van der Waals surface area contributed by atoms with Crippen LogP contribution in [-0.4, -0.2) is 12.1 Å². The number of carbonyl (C=O) groups is 1. The van der Waals surface area contributed by atoms with Gasteiger partial charge < -0.3 is 4.74 Å². The molecule has 0 aliphatic heterocycles. The predicted octanol–water partition coefficient (Wildman–Crippen LogP) is 5.64. The molecular formula is C22H18Cl2N2O2. The molecule has 0 bridgehead atoms. The summed E-state index contributed by atoms with van der Waals surface area (Å²) in [5.74, 6) is 0.394. The van der Waals surface area contributed by atoms with E-state index in [9.17, 15) is 4.79 Å². The molecule has 0 saturated carbocycles. The standard InChI is InChI=1S/C22H18Cl2N2O2/c1-15-2-4-17(5-3-15)14-28-19-9-6-16(7-10-19)13-25-26-22(27)18-8-11-20(23)21(24)12-18/h2-13H,14H2,1H3,(H,26,27)/b25-13-. The molecule has 0 aliphatic rings. The number of hydrazone groups is 1. The first-order valence-corrected chi connectivity index (χ1v) is 9.34. The van der Waals surface area contributed by atoms with Crippen molar-refractivity contribution in [2.24, 2.45) is 5.10 Å². The van der Waals surface area contributed by atoms with Crippen LogP contribution in [0.15, 0.2) is 71.8 Å². The summed E-state index contributed by atoms with van der Waals surface area (Å²) in [5, 5.41) is 4.67. The number of halogens is 2. The van der Waals surface area contributed by atoms with E-state index < -0.39 is 0 Å². The molecule has 0 heterocycles. The molecule has 3 rings (SSSR count). The van der Waals surface area contributed by atoms with Gasteiger partial charge in [-0.1, -0.05) is 53.0 Å². The third kappa shape index (κ3) is 5.59. The van der Waals surface area contributed by atoms with Gasteiger partial charge in [0.2, 0.25) is 0 Å². The highest BCUT2D eigenvalue weighted by Gasteiger charge is 2.06. The highest BCUT2D eigenvalue weighted by atomic mass is 35.5. The molecule has 3 aromatic carbocycles. The van der Waals surface area contributed by atoms with E-state index in [2.05, 4.69) is 29.6 Å². The van der Waals surface area contributed by atoms with Crippen molar-refractivity contribution < 1.29 is 9.53 Å². The molecule has 0 saturated heterocycles. The number of nitrogens with zero attached hydrogens (tertiary/aromatic N) is 1. The lowest BCUT2D eigenvalue weighted by molar-refractivity contribution is 0.0955. The minimum absolute atomic E-state index is 0.319. The monoisotopic (exact) mass is 412 g/mol. The molecule has 4 nitrogen and oxygen atoms in total. The second kappa shape index (κ2) is 9.40. The molecule has 0 radical (unpaired) electrons. The molecule has 0 atom stereocenters. The first kappa shape index (κ1) is 19.9. The predicted molar refractivity (Wildman–Crippen MR) is 113 cm³/mol. The number of ether oxygens (including phenoxy) is 1. The molecule has 3 aromatic rings. The number of rotatable bonds is 6. The maximum Gasteiger partial charge on any atom is 0.271 e. The summed E-state index contributed by atoms with van der Waals surface area (Å²) in [4.78, 5) is 12.0. The van der Waals surface area contributed by atoms with Crippen LogP contribution in [0.3, 0.4) is 0 Å². The quantitative estimate of drug-likeness (QED) is 0.420. The van der Waals surface area contributed by atoms with Crippen LogP contribution in [0, 0.1) is 6.92 Å². The van der Waals surface area contributed by atoms with E-state index in [-0.39, 0.29) is 5.91 Å². The zero-order valence-electron chi connectivity index (χ0n) is 15.2. The number of hydrogen-bond donors (Lipinski definition) is 1. The summed E-state index contributed by atoms with van der Waals surface area (Å²) in [7, 11) is 0. The molecule has 1 amide bonds. The van der Waals surface area contributed by atoms with E-state index in [1.54, 1.807) is 18.3 Å². The third-order valence-corrected chi connectivity index (χ3v) is 4.71. The van der Waals surface area contributed by atoms with Crippen LogP contribution >= 0.6 is 23.2 Å². The van der Waals surface area contributed by atoms with Gasteiger partial charge in [0.1, 0.15) is 12.4 Å². The van der Waals surface area contributed by atoms with Crippen molar-refractivity contribution in [2.45, 2.75) is 13.5 Å². The van der Waals surface area contributed by atoms with Crippen molar-refractivity contribution in [3.63, 3.8) is 0 Å². The fraction of sp³-hybridized carbons (Fsp3) is 0.0909. The summed E-state index contributed by atoms with van der Waals surface area (Å²) in [6.07, 6.45) is 1.55. The van der Waals surface area contributed by atoms with Gasteiger partial charge >= 0.3 is 0 Å². The average molecular weight is 413 g/mol. The highest BCUT2D eigenvalue weighted by Crippen LogP contribution is 2.22. The Hall–Kier alpha value is -2.82. The van der Waals surface area contributed by atoms with Crippen LogP contribution in [0.2, 0.25) is 10.0 Å². The second-order valence-electron chi connectivity index (χ2n) is 6.17. The molecule has 0 aliphatic carbocycles. The maximum atomic E-state index is 12.0. The van der Waals surface area contributed by atoms with Crippen molar-refractivity contribution in [3.05, 3.63) is 99.0 Å². The Bertz CT molecular complexity index is 984. The normalized spacial score (nSPS) is 10.8. The van der Waals surface area contributed by atoms with Crippen LogP contribution in [-0.2, 0) is 6.61 Å². The van der Waals surface area contributed by atoms with E-state index in [1.165, 1.54) is 11.6 Å². The maximum absolute atomic E-state index is 12.0. The van der Waals surface area contributed by atoms with Gasteiger partial charge in [0, 0.05) is 5.56 Å². The smallest absolute Gasteiger partial charge is 0.271 e. The summed E-state index contributed by atoms with van der Waals surface area (Å²) >= 11 is 11.8. The number of amides is 1. The number of benzene rings is 3. The van der Waals surface area contributed by atoms with Crippen LogP contribution in [0.5, 0.6) is 5.75 Å². The molecule has 6 heteroatoms. The Morgan fingerprint density at radius 3 is 2.39 bits per heavy atom. The molecule has 142 valence electrons. The van der Waals surface area contributed by atoms with E-state index in [1.807, 2.05) is 36.4 Å². The van der Waals surface area contributed by atoms with Crippen LogP contribution in [0.1, 0.15) is 27.0 Å². The lowest BCUT2D eigenvalue weighted by atomic mass is 10.2. The Morgan fingerprint density at radius 1 is 1.00 bits per heavy atom. The lowest BCUT2D eigenvalue weighted by Crippen LogP contribution is -2.17. The summed E-state index contributed by atoms with van der Waals surface area (Å²) in [6, 6.07) is 20.3. The van der Waals surface area contributed by atoms with Crippen molar-refractivity contribution in [1.29, 1.82) is 0 Å². The minimum Gasteiger partial charge on any atom is -0.489 e. The van der Waals surface area contributed by atoms with Gasteiger partial charge in [0.15, 0.2) is 0 Å². The van der Waals surface area contributed by atoms with E-state index in [0.717, 1.165) is 16.9 Å². The fourth-order valence-corrected chi connectivity index (χ4v) is 2.67. The van der Waals surface area contributed by atoms with Gasteiger partial charge in [0.25, 0.3) is 5.91 Å². The highest BCUT2D eigenvalue weighted by molar-refractivity contribution is 6.42. The summed E-state index contributed by atoms with van der Waals surface area (Å²) in [6.45, 7) is 2.56. The van der Waals surface area contributed by atoms with Crippen LogP contribution < -0.4 is 10.2 Å². The first-order valence-electron chi connectivity index (χ1n) is 8.58. The fourth-order valence-electron chi connectivity index (χ4n) is 2.37. The molecule has 1 N–H and O–H groups in total. The summed E-state index contributed by atoms with van der Waals surface area (Å²) < 4.78 is 5.77. The molecule has 0 spiro atoms. The van der Waals surface area contributed by atoms with Gasteiger partial charge in [-0.25, -0.2) is 5.43 Å². The molecule has 0 unspecified atom stereocenters. The molecule has 0 aromatic heterocycles. The van der Waals surface area contributed by atoms with Gasteiger partial charge in [-0.2, -0.15) is 5.10 Å². The van der Waals surface area contributed by atoms with E-state index in [4.69, 9.17) is 27.9 Å². The largest absolute Gasteiger partial charge is 0.489 e. The Morgan fingerprint density at radius 2 is 1.71 bits per heavy atom. The second-order valence-corrected chi connectivity index (χ2v) is 6.99. The molecule has 0 fully saturated rings. The number of nitrogens with one attached hydrogen (secondary N) is 1. The number of hydrogen-bond acceptors (Lipinski definition) is 3. The van der Waals surface area contributed by atoms with E-state index >= 15 is 0 Å².